The van der Waals surface area contributed by atoms with Gasteiger partial charge in [-0.05, 0) is 24.1 Å². The van der Waals surface area contributed by atoms with Crippen molar-refractivity contribution in [1.82, 2.24) is 10.9 Å². The van der Waals surface area contributed by atoms with Gasteiger partial charge in [0, 0.05) is 18.7 Å². The Morgan fingerprint density at radius 2 is 2.14 bits per heavy atom. The second-order valence-corrected chi connectivity index (χ2v) is 6.86. The van der Waals surface area contributed by atoms with Crippen molar-refractivity contribution >= 4 is 21.8 Å². The zero-order chi connectivity index (χ0) is 15.5. The second kappa shape index (κ2) is 6.28. The number of hydrogen-bond donors (Lipinski definition) is 2. The largest absolute Gasteiger partial charge is 0.495 e. The van der Waals surface area contributed by atoms with E-state index in [1.807, 2.05) is 12.2 Å². The number of hydrogen-bond acceptors (Lipinski definition) is 5. The Bertz CT molecular complexity index is 658. The summed E-state index contributed by atoms with van der Waals surface area (Å²) in [5, 5.41) is 0. The van der Waals surface area contributed by atoms with Gasteiger partial charge in [-0.1, -0.05) is 18.2 Å². The van der Waals surface area contributed by atoms with Crippen molar-refractivity contribution in [3.05, 3.63) is 29.8 Å². The molecule has 1 unspecified atom stereocenters. The summed E-state index contributed by atoms with van der Waals surface area (Å²) in [5.74, 6) is 0.309. The molecule has 1 saturated heterocycles. The Morgan fingerprint density at radius 3 is 2.71 bits per heavy atom. The highest BCUT2D eigenvalue weighted by Crippen LogP contribution is 2.25. The summed E-state index contributed by atoms with van der Waals surface area (Å²) in [7, 11) is -1.87. The van der Waals surface area contributed by atoms with Crippen molar-refractivity contribution in [2.24, 2.45) is 0 Å². The fourth-order valence-electron chi connectivity index (χ4n) is 2.06. The lowest BCUT2D eigenvalue weighted by Gasteiger charge is -2.20. The van der Waals surface area contributed by atoms with Crippen LogP contribution in [0.1, 0.15) is 18.4 Å². The van der Waals surface area contributed by atoms with E-state index in [0.29, 0.717) is 12.2 Å². The molecule has 1 heterocycles. The van der Waals surface area contributed by atoms with E-state index in [9.17, 15) is 13.2 Å². The van der Waals surface area contributed by atoms with E-state index in [1.165, 1.54) is 13.2 Å². The smallest absolute Gasteiger partial charge is 0.234 e. The van der Waals surface area contributed by atoms with Gasteiger partial charge < -0.3 is 4.74 Å². The molecule has 21 heavy (non-hydrogen) atoms. The summed E-state index contributed by atoms with van der Waals surface area (Å²) in [4.78, 5) is 11.2. The van der Waals surface area contributed by atoms with Crippen molar-refractivity contribution in [3.63, 3.8) is 0 Å². The Labute approximate surface area is 124 Å². The third kappa shape index (κ3) is 4.05. The van der Waals surface area contributed by atoms with Crippen LogP contribution in [0.15, 0.2) is 29.2 Å². The van der Waals surface area contributed by atoms with Gasteiger partial charge in [-0.25, -0.2) is 13.8 Å². The zero-order valence-electron chi connectivity index (χ0n) is 11.9. The Kier molecular flexibility index (Phi) is 4.64. The van der Waals surface area contributed by atoms with Crippen LogP contribution in [0.25, 0.3) is 6.08 Å². The SMILES string of the molecule is COc1cc(/C=C/C2CCC(=O)NN2)ccc1S(C)(=O)=O. The highest BCUT2D eigenvalue weighted by Gasteiger charge is 2.15. The Hall–Kier alpha value is -1.86. The van der Waals surface area contributed by atoms with Crippen LogP contribution in [-0.2, 0) is 14.6 Å². The van der Waals surface area contributed by atoms with E-state index in [1.54, 1.807) is 12.1 Å². The number of carbonyl (C=O) groups excluding carboxylic acids is 1. The minimum Gasteiger partial charge on any atom is -0.495 e. The van der Waals surface area contributed by atoms with E-state index in [0.717, 1.165) is 18.2 Å². The molecule has 1 amide bonds. The van der Waals surface area contributed by atoms with Crippen LogP contribution in [0.3, 0.4) is 0 Å². The third-order valence-electron chi connectivity index (χ3n) is 3.19. The predicted octanol–water partition coefficient (Wildman–Crippen LogP) is 0.895. The van der Waals surface area contributed by atoms with Gasteiger partial charge in [-0.15, -0.1) is 0 Å². The molecular formula is C14H18N2O4S. The number of amides is 1. The lowest BCUT2D eigenvalue weighted by molar-refractivity contribution is -0.123. The highest BCUT2D eigenvalue weighted by molar-refractivity contribution is 7.90. The minimum atomic E-state index is -3.31. The maximum absolute atomic E-state index is 11.6. The number of ether oxygens (including phenoxy) is 1. The van der Waals surface area contributed by atoms with Crippen LogP contribution in [0.2, 0.25) is 0 Å². The molecular weight excluding hydrogens is 292 g/mol. The summed E-state index contributed by atoms with van der Waals surface area (Å²) in [5.41, 5.74) is 6.30. The minimum absolute atomic E-state index is 0.0150. The Morgan fingerprint density at radius 1 is 1.38 bits per heavy atom. The molecule has 1 aliphatic rings. The van der Waals surface area contributed by atoms with Gasteiger partial charge in [-0.3, -0.25) is 10.2 Å². The van der Waals surface area contributed by atoms with Crippen LogP contribution < -0.4 is 15.6 Å². The maximum atomic E-state index is 11.6. The summed E-state index contributed by atoms with van der Waals surface area (Å²) in [6.45, 7) is 0. The van der Waals surface area contributed by atoms with Gasteiger partial charge in [0.05, 0.1) is 7.11 Å². The highest BCUT2D eigenvalue weighted by atomic mass is 32.2. The summed E-state index contributed by atoms with van der Waals surface area (Å²) >= 11 is 0. The predicted molar refractivity (Wildman–Crippen MR) is 79.4 cm³/mol. The average Bonchev–Trinajstić information content (AvgIpc) is 2.45. The molecule has 7 heteroatoms. The molecule has 1 aliphatic heterocycles. The molecule has 1 aromatic rings. The second-order valence-electron chi connectivity index (χ2n) is 4.88. The molecule has 114 valence electrons. The van der Waals surface area contributed by atoms with Crippen LogP contribution in [-0.4, -0.2) is 33.7 Å². The number of hydrazine groups is 1. The molecule has 0 aliphatic carbocycles. The quantitative estimate of drug-likeness (QED) is 0.863. The molecule has 2 N–H and O–H groups in total. The summed E-state index contributed by atoms with van der Waals surface area (Å²) < 4.78 is 28.4. The lowest BCUT2D eigenvalue weighted by atomic mass is 10.1. The first kappa shape index (κ1) is 15.5. The van der Waals surface area contributed by atoms with Crippen LogP contribution in [0, 0.1) is 0 Å². The molecule has 6 nitrogen and oxygen atoms in total. The average molecular weight is 310 g/mol. The molecule has 0 spiro atoms. The van der Waals surface area contributed by atoms with Gasteiger partial charge in [0.25, 0.3) is 0 Å². The molecule has 1 aromatic carbocycles. The summed E-state index contributed by atoms with van der Waals surface area (Å²) in [6.07, 6.45) is 6.15. The van der Waals surface area contributed by atoms with Crippen molar-refractivity contribution < 1.29 is 17.9 Å². The number of benzene rings is 1. The summed E-state index contributed by atoms with van der Waals surface area (Å²) in [6, 6.07) is 4.98. The number of sulfone groups is 1. The first-order valence-electron chi connectivity index (χ1n) is 6.51. The molecule has 0 radical (unpaired) electrons. The van der Waals surface area contributed by atoms with E-state index in [-0.39, 0.29) is 16.8 Å². The lowest BCUT2D eigenvalue weighted by Crippen LogP contribution is -2.48. The zero-order valence-corrected chi connectivity index (χ0v) is 12.7. The molecule has 1 atom stereocenters. The van der Waals surface area contributed by atoms with Crippen LogP contribution >= 0.6 is 0 Å². The first-order valence-corrected chi connectivity index (χ1v) is 8.40. The van der Waals surface area contributed by atoms with Gasteiger partial charge in [0.2, 0.25) is 5.91 Å². The van der Waals surface area contributed by atoms with Crippen molar-refractivity contribution in [3.8, 4) is 5.75 Å². The number of carbonyl (C=O) groups is 1. The van der Waals surface area contributed by atoms with E-state index in [4.69, 9.17) is 4.74 Å². The molecule has 0 bridgehead atoms. The van der Waals surface area contributed by atoms with Gasteiger partial charge in [0.15, 0.2) is 9.84 Å². The van der Waals surface area contributed by atoms with Crippen molar-refractivity contribution in [2.45, 2.75) is 23.8 Å². The molecule has 2 rings (SSSR count). The number of methoxy groups -OCH3 is 1. The third-order valence-corrected chi connectivity index (χ3v) is 4.32. The van der Waals surface area contributed by atoms with Gasteiger partial charge in [-0.2, -0.15) is 0 Å². The standard InChI is InChI=1S/C14H18N2O4S/c1-20-12-9-10(4-7-13(12)21(2,18)19)3-5-11-6-8-14(17)16-15-11/h3-5,7,9,11,15H,6,8H2,1-2H3,(H,16,17)/b5-3+. The van der Waals surface area contributed by atoms with Crippen molar-refractivity contribution in [1.29, 1.82) is 0 Å². The van der Waals surface area contributed by atoms with Gasteiger partial charge >= 0.3 is 0 Å². The first-order chi connectivity index (χ1) is 9.90. The monoisotopic (exact) mass is 310 g/mol. The molecule has 0 saturated carbocycles. The topological polar surface area (TPSA) is 84.5 Å². The molecule has 1 fully saturated rings. The van der Waals surface area contributed by atoms with E-state index >= 15 is 0 Å². The molecule has 0 aromatic heterocycles. The normalized spacial score (nSPS) is 19.5. The van der Waals surface area contributed by atoms with E-state index < -0.39 is 9.84 Å². The Balaban J connectivity index is 2.16. The van der Waals surface area contributed by atoms with E-state index in [2.05, 4.69) is 10.9 Å². The number of nitrogens with one attached hydrogen (secondary N) is 2. The van der Waals surface area contributed by atoms with Gasteiger partial charge in [0.1, 0.15) is 10.6 Å². The van der Waals surface area contributed by atoms with Crippen LogP contribution in [0.5, 0.6) is 5.75 Å². The fourth-order valence-corrected chi connectivity index (χ4v) is 2.88. The fraction of sp³-hybridized carbons (Fsp3) is 0.357. The van der Waals surface area contributed by atoms with Crippen molar-refractivity contribution in [2.75, 3.05) is 13.4 Å². The van der Waals surface area contributed by atoms with Crippen LogP contribution in [0.4, 0.5) is 0 Å². The maximum Gasteiger partial charge on any atom is 0.234 e. The number of rotatable bonds is 4.